The molecule has 0 bridgehead atoms. The van der Waals surface area contributed by atoms with Gasteiger partial charge in [0.2, 0.25) is 0 Å². The van der Waals surface area contributed by atoms with Gasteiger partial charge in [-0.1, -0.05) is 30.3 Å². The summed E-state index contributed by atoms with van der Waals surface area (Å²) in [6.07, 6.45) is 1.56. The van der Waals surface area contributed by atoms with Crippen molar-refractivity contribution in [2.24, 2.45) is 0 Å². The number of para-hydroxylation sites is 1. The summed E-state index contributed by atoms with van der Waals surface area (Å²) in [6.45, 7) is 0. The standard InChI is InChI=1S/C18H16N2O2/c1-20(2)18(21)15(13-19)11-14-7-6-10-17(12-14)22-16-8-4-3-5-9-16/h3-12H,1-2H3/b15-11-. The van der Waals surface area contributed by atoms with Gasteiger partial charge >= 0.3 is 0 Å². The van der Waals surface area contributed by atoms with Crippen LogP contribution in [0, 0.1) is 11.3 Å². The highest BCUT2D eigenvalue weighted by molar-refractivity contribution is 6.01. The highest BCUT2D eigenvalue weighted by Gasteiger charge is 2.11. The average molecular weight is 292 g/mol. The van der Waals surface area contributed by atoms with E-state index in [1.165, 1.54) is 4.90 Å². The van der Waals surface area contributed by atoms with E-state index in [-0.39, 0.29) is 11.5 Å². The largest absolute Gasteiger partial charge is 0.457 e. The predicted molar refractivity (Wildman–Crippen MR) is 85.2 cm³/mol. The van der Waals surface area contributed by atoms with Crippen LogP contribution >= 0.6 is 0 Å². The van der Waals surface area contributed by atoms with Gasteiger partial charge in [0.1, 0.15) is 23.1 Å². The van der Waals surface area contributed by atoms with E-state index in [9.17, 15) is 4.79 Å². The lowest BCUT2D eigenvalue weighted by Gasteiger charge is -2.09. The number of ether oxygens (including phenoxy) is 1. The number of carbonyl (C=O) groups excluding carboxylic acids is 1. The Bertz CT molecular complexity index is 728. The third-order valence-electron chi connectivity index (χ3n) is 2.91. The quantitative estimate of drug-likeness (QED) is 0.640. The monoisotopic (exact) mass is 292 g/mol. The molecule has 0 unspecified atom stereocenters. The number of rotatable bonds is 4. The molecular weight excluding hydrogens is 276 g/mol. The third-order valence-corrected chi connectivity index (χ3v) is 2.91. The Morgan fingerprint density at radius 1 is 1.09 bits per heavy atom. The van der Waals surface area contributed by atoms with Crippen LogP contribution in [0.15, 0.2) is 60.2 Å². The van der Waals surface area contributed by atoms with Crippen molar-refractivity contribution in [1.82, 2.24) is 4.90 Å². The van der Waals surface area contributed by atoms with E-state index in [0.29, 0.717) is 5.75 Å². The Kier molecular flexibility index (Phi) is 4.94. The summed E-state index contributed by atoms with van der Waals surface area (Å²) < 4.78 is 5.73. The Hall–Kier alpha value is -3.06. The number of hydrogen-bond acceptors (Lipinski definition) is 3. The summed E-state index contributed by atoms with van der Waals surface area (Å²) in [5, 5.41) is 9.11. The molecule has 0 N–H and O–H groups in total. The first kappa shape index (κ1) is 15.3. The molecule has 0 aliphatic rings. The maximum Gasteiger partial charge on any atom is 0.264 e. The van der Waals surface area contributed by atoms with E-state index >= 15 is 0 Å². The van der Waals surface area contributed by atoms with Crippen molar-refractivity contribution in [3.8, 4) is 17.6 Å². The summed E-state index contributed by atoms with van der Waals surface area (Å²) in [7, 11) is 3.23. The molecule has 0 atom stereocenters. The van der Waals surface area contributed by atoms with E-state index in [0.717, 1.165) is 11.3 Å². The van der Waals surface area contributed by atoms with Gasteiger partial charge in [-0.3, -0.25) is 4.79 Å². The van der Waals surface area contributed by atoms with Gasteiger partial charge < -0.3 is 9.64 Å². The Morgan fingerprint density at radius 2 is 1.77 bits per heavy atom. The molecular formula is C18H16N2O2. The van der Waals surface area contributed by atoms with Gasteiger partial charge in [0.25, 0.3) is 5.91 Å². The Morgan fingerprint density at radius 3 is 2.41 bits per heavy atom. The Balaban J connectivity index is 2.25. The van der Waals surface area contributed by atoms with Gasteiger partial charge in [0.15, 0.2) is 0 Å². The first-order chi connectivity index (χ1) is 10.6. The van der Waals surface area contributed by atoms with Crippen LogP contribution < -0.4 is 4.74 Å². The zero-order valence-electron chi connectivity index (χ0n) is 12.5. The van der Waals surface area contributed by atoms with E-state index in [1.807, 2.05) is 54.6 Å². The van der Waals surface area contributed by atoms with Crippen molar-refractivity contribution < 1.29 is 9.53 Å². The molecule has 0 radical (unpaired) electrons. The summed E-state index contributed by atoms with van der Waals surface area (Å²) >= 11 is 0. The maximum atomic E-state index is 11.9. The molecule has 2 aromatic rings. The smallest absolute Gasteiger partial charge is 0.264 e. The van der Waals surface area contributed by atoms with Gasteiger partial charge in [-0.15, -0.1) is 0 Å². The number of nitrogens with zero attached hydrogens (tertiary/aromatic N) is 2. The fourth-order valence-electron chi connectivity index (χ4n) is 1.84. The zero-order valence-corrected chi connectivity index (χ0v) is 12.5. The summed E-state index contributed by atoms with van der Waals surface area (Å²) in [6, 6.07) is 18.6. The molecule has 4 heteroatoms. The van der Waals surface area contributed by atoms with E-state index in [4.69, 9.17) is 10.00 Å². The zero-order chi connectivity index (χ0) is 15.9. The van der Waals surface area contributed by atoms with Gasteiger partial charge in [-0.2, -0.15) is 5.26 Å². The number of carbonyl (C=O) groups is 1. The van der Waals surface area contributed by atoms with Gasteiger partial charge in [0.05, 0.1) is 0 Å². The SMILES string of the molecule is CN(C)C(=O)/C(C#N)=C\c1cccc(Oc2ccccc2)c1. The normalized spacial score (nSPS) is 10.7. The molecule has 1 amide bonds. The van der Waals surface area contributed by atoms with Gasteiger partial charge in [-0.05, 0) is 35.9 Å². The van der Waals surface area contributed by atoms with Crippen molar-refractivity contribution in [3.63, 3.8) is 0 Å². The first-order valence-electron chi connectivity index (χ1n) is 6.76. The number of likely N-dealkylation sites (N-methyl/N-ethyl adjacent to an activating group) is 1. The average Bonchev–Trinajstić information content (AvgIpc) is 2.53. The molecule has 0 aliphatic heterocycles. The molecule has 2 aromatic carbocycles. The van der Waals surface area contributed by atoms with Crippen LogP contribution in [0.1, 0.15) is 5.56 Å². The third kappa shape index (κ3) is 3.97. The molecule has 0 fully saturated rings. The second-order valence-electron chi connectivity index (χ2n) is 4.86. The van der Waals surface area contributed by atoms with Crippen molar-refractivity contribution in [1.29, 1.82) is 5.26 Å². The molecule has 4 nitrogen and oxygen atoms in total. The Labute approximate surface area is 129 Å². The fraction of sp³-hybridized carbons (Fsp3) is 0.111. The summed E-state index contributed by atoms with van der Waals surface area (Å²) in [5.41, 5.74) is 0.821. The van der Waals surface area contributed by atoms with Crippen molar-refractivity contribution in [3.05, 3.63) is 65.7 Å². The number of benzene rings is 2. The molecule has 0 aliphatic carbocycles. The van der Waals surface area contributed by atoms with Crippen LogP contribution in [0.5, 0.6) is 11.5 Å². The lowest BCUT2D eigenvalue weighted by molar-refractivity contribution is -0.124. The van der Waals surface area contributed by atoms with Crippen LogP contribution in [-0.4, -0.2) is 24.9 Å². The number of nitriles is 1. The van der Waals surface area contributed by atoms with Crippen LogP contribution in [0.3, 0.4) is 0 Å². The molecule has 0 heterocycles. The number of amides is 1. The summed E-state index contributed by atoms with van der Waals surface area (Å²) in [5.74, 6) is 1.06. The minimum Gasteiger partial charge on any atom is -0.457 e. The molecule has 0 saturated heterocycles. The lowest BCUT2D eigenvalue weighted by atomic mass is 10.1. The van der Waals surface area contributed by atoms with E-state index in [2.05, 4.69) is 0 Å². The van der Waals surface area contributed by atoms with Crippen LogP contribution in [0.4, 0.5) is 0 Å². The lowest BCUT2D eigenvalue weighted by Crippen LogP contribution is -2.22. The van der Waals surface area contributed by atoms with Crippen molar-refractivity contribution >= 4 is 12.0 Å². The van der Waals surface area contributed by atoms with Gasteiger partial charge in [0, 0.05) is 14.1 Å². The van der Waals surface area contributed by atoms with E-state index < -0.39 is 0 Å². The minimum absolute atomic E-state index is 0.0851. The predicted octanol–water partition coefficient (Wildman–Crippen LogP) is 3.47. The first-order valence-corrected chi connectivity index (χ1v) is 6.76. The fourth-order valence-corrected chi connectivity index (χ4v) is 1.84. The molecule has 22 heavy (non-hydrogen) atoms. The summed E-state index contributed by atoms with van der Waals surface area (Å²) in [4.78, 5) is 13.2. The van der Waals surface area contributed by atoms with Crippen LogP contribution in [-0.2, 0) is 4.79 Å². The molecule has 0 saturated carbocycles. The van der Waals surface area contributed by atoms with Crippen LogP contribution in [0.25, 0.3) is 6.08 Å². The minimum atomic E-state index is -0.322. The van der Waals surface area contributed by atoms with Gasteiger partial charge in [-0.25, -0.2) is 0 Å². The van der Waals surface area contributed by atoms with Crippen molar-refractivity contribution in [2.75, 3.05) is 14.1 Å². The van der Waals surface area contributed by atoms with Crippen LogP contribution in [0.2, 0.25) is 0 Å². The van der Waals surface area contributed by atoms with Crippen molar-refractivity contribution in [2.45, 2.75) is 0 Å². The second-order valence-corrected chi connectivity index (χ2v) is 4.86. The maximum absolute atomic E-state index is 11.9. The molecule has 110 valence electrons. The highest BCUT2D eigenvalue weighted by Crippen LogP contribution is 2.22. The number of hydrogen-bond donors (Lipinski definition) is 0. The highest BCUT2D eigenvalue weighted by atomic mass is 16.5. The molecule has 0 spiro atoms. The molecule has 2 rings (SSSR count). The molecule has 0 aromatic heterocycles. The second kappa shape index (κ2) is 7.09. The topological polar surface area (TPSA) is 53.3 Å². The van der Waals surface area contributed by atoms with E-state index in [1.54, 1.807) is 26.2 Å².